The monoisotopic (exact) mass is 434 g/mol. The summed E-state index contributed by atoms with van der Waals surface area (Å²) in [6, 6.07) is 9.15. The number of hydrogen-bond donors (Lipinski definition) is 1. The molecule has 0 spiro atoms. The molecule has 0 aliphatic carbocycles. The van der Waals surface area contributed by atoms with E-state index in [1.165, 1.54) is 23.5 Å². The average molecular weight is 435 g/mol. The fraction of sp³-hybridized carbons (Fsp3) is 0.167. The van der Waals surface area contributed by atoms with Crippen LogP contribution in [0.2, 0.25) is 5.02 Å². The predicted molar refractivity (Wildman–Crippen MR) is 108 cm³/mol. The lowest BCUT2D eigenvalue weighted by Crippen LogP contribution is -2.12. The highest BCUT2D eigenvalue weighted by Crippen LogP contribution is 2.29. The highest BCUT2D eigenvalue weighted by molar-refractivity contribution is 7.15. The molecule has 3 rings (SSSR count). The summed E-state index contributed by atoms with van der Waals surface area (Å²) in [7, 11) is 3.12. The average Bonchev–Trinajstić information content (AvgIpc) is 3.14. The summed E-state index contributed by atoms with van der Waals surface area (Å²) in [5.74, 6) is 0.617. The Kier molecular flexibility index (Phi) is 6.25. The van der Waals surface area contributed by atoms with Crippen LogP contribution in [0.5, 0.6) is 11.5 Å². The summed E-state index contributed by atoms with van der Waals surface area (Å²) in [5, 5.41) is 22.5. The number of nitro groups is 1. The van der Waals surface area contributed by atoms with Crippen LogP contribution in [-0.2, 0) is 6.42 Å². The fourth-order valence-corrected chi connectivity index (χ4v) is 3.48. The second-order valence-electron chi connectivity index (χ2n) is 5.74. The summed E-state index contributed by atoms with van der Waals surface area (Å²) < 4.78 is 10.5. The van der Waals surface area contributed by atoms with Gasteiger partial charge in [0.2, 0.25) is 5.13 Å². The Morgan fingerprint density at radius 2 is 1.93 bits per heavy atom. The molecule has 1 aromatic heterocycles. The quantitative estimate of drug-likeness (QED) is 0.441. The van der Waals surface area contributed by atoms with Crippen LogP contribution in [0, 0.1) is 10.1 Å². The van der Waals surface area contributed by atoms with Crippen molar-refractivity contribution >= 4 is 39.7 Å². The smallest absolute Gasteiger partial charge is 0.270 e. The number of anilines is 1. The van der Waals surface area contributed by atoms with Crippen molar-refractivity contribution in [1.82, 2.24) is 10.2 Å². The number of nitro benzene ring substituents is 1. The predicted octanol–water partition coefficient (Wildman–Crippen LogP) is 3.96. The molecule has 3 aromatic rings. The topological polar surface area (TPSA) is 116 Å². The molecule has 0 saturated heterocycles. The van der Waals surface area contributed by atoms with Crippen molar-refractivity contribution in [3.63, 3.8) is 0 Å². The summed E-state index contributed by atoms with van der Waals surface area (Å²) in [6.45, 7) is 0. The Balaban J connectivity index is 1.73. The highest BCUT2D eigenvalue weighted by Gasteiger charge is 2.18. The molecule has 1 heterocycles. The lowest BCUT2D eigenvalue weighted by Gasteiger charge is -2.08. The molecule has 0 aliphatic rings. The molecule has 1 N–H and O–H groups in total. The number of carbonyl (C=O) groups is 1. The third kappa shape index (κ3) is 4.79. The summed E-state index contributed by atoms with van der Waals surface area (Å²) >= 11 is 7.18. The van der Waals surface area contributed by atoms with Gasteiger partial charge in [-0.15, -0.1) is 10.2 Å². The Bertz CT molecular complexity index is 1070. The SMILES string of the molecule is COc1ccc(Cc2nnc(NC(=O)c3cc([N+](=O)[O-])ccc3Cl)s2)cc1OC. The first-order valence-electron chi connectivity index (χ1n) is 8.20. The van der Waals surface area contributed by atoms with Crippen molar-refractivity contribution in [2.45, 2.75) is 6.42 Å². The summed E-state index contributed by atoms with van der Waals surface area (Å²) in [4.78, 5) is 22.7. The van der Waals surface area contributed by atoms with Gasteiger partial charge in [0, 0.05) is 18.6 Å². The number of hydrogen-bond acceptors (Lipinski definition) is 8. The molecule has 0 fully saturated rings. The van der Waals surface area contributed by atoms with Crippen LogP contribution in [0.4, 0.5) is 10.8 Å². The van der Waals surface area contributed by atoms with E-state index in [-0.39, 0.29) is 21.4 Å². The number of rotatable bonds is 7. The molecule has 0 atom stereocenters. The number of carbonyl (C=O) groups excluding carboxylic acids is 1. The van der Waals surface area contributed by atoms with Gasteiger partial charge in [0.25, 0.3) is 11.6 Å². The second kappa shape index (κ2) is 8.84. The number of halogens is 1. The lowest BCUT2D eigenvalue weighted by atomic mass is 10.1. The number of nitrogens with one attached hydrogen (secondary N) is 1. The number of methoxy groups -OCH3 is 2. The first kappa shape index (κ1) is 20.5. The third-order valence-corrected chi connectivity index (χ3v) is 5.06. The Hall–Kier alpha value is -3.24. The summed E-state index contributed by atoms with van der Waals surface area (Å²) in [5.41, 5.74) is 0.682. The van der Waals surface area contributed by atoms with Gasteiger partial charge < -0.3 is 9.47 Å². The second-order valence-corrected chi connectivity index (χ2v) is 7.21. The van der Waals surface area contributed by atoms with Crippen LogP contribution in [-0.4, -0.2) is 35.2 Å². The van der Waals surface area contributed by atoms with Gasteiger partial charge in [0.15, 0.2) is 11.5 Å². The maximum Gasteiger partial charge on any atom is 0.270 e. The van der Waals surface area contributed by atoms with Crippen molar-refractivity contribution < 1.29 is 19.2 Å². The molecule has 0 aliphatic heterocycles. The van der Waals surface area contributed by atoms with Gasteiger partial charge in [-0.05, 0) is 23.8 Å². The van der Waals surface area contributed by atoms with Crippen LogP contribution in [0.25, 0.3) is 0 Å². The van der Waals surface area contributed by atoms with Gasteiger partial charge in [-0.3, -0.25) is 20.2 Å². The lowest BCUT2D eigenvalue weighted by molar-refractivity contribution is -0.384. The van der Waals surface area contributed by atoms with Gasteiger partial charge >= 0.3 is 0 Å². The van der Waals surface area contributed by atoms with E-state index in [0.29, 0.717) is 22.9 Å². The third-order valence-electron chi connectivity index (χ3n) is 3.90. The standard InChI is InChI=1S/C18H15ClN4O5S/c1-27-14-6-3-10(7-15(14)28-2)8-16-21-22-18(29-16)20-17(24)12-9-11(23(25)26)4-5-13(12)19/h3-7,9H,8H2,1-2H3,(H,20,22,24). The number of non-ortho nitro benzene ring substituents is 1. The van der Waals surface area contributed by atoms with Gasteiger partial charge in [-0.1, -0.05) is 29.0 Å². The van der Waals surface area contributed by atoms with Gasteiger partial charge in [0.05, 0.1) is 29.7 Å². The van der Waals surface area contributed by atoms with Crippen LogP contribution in [0.15, 0.2) is 36.4 Å². The minimum absolute atomic E-state index is 0.0162. The zero-order valence-electron chi connectivity index (χ0n) is 15.3. The van der Waals surface area contributed by atoms with E-state index in [1.807, 2.05) is 12.1 Å². The van der Waals surface area contributed by atoms with E-state index >= 15 is 0 Å². The molecule has 11 heteroatoms. The Morgan fingerprint density at radius 3 is 2.62 bits per heavy atom. The summed E-state index contributed by atoms with van der Waals surface area (Å²) in [6.07, 6.45) is 0.478. The maximum atomic E-state index is 12.4. The van der Waals surface area contributed by atoms with Crippen LogP contribution >= 0.6 is 22.9 Å². The van der Waals surface area contributed by atoms with Gasteiger partial charge in [0.1, 0.15) is 5.01 Å². The minimum atomic E-state index is -0.604. The Morgan fingerprint density at radius 1 is 1.17 bits per heavy atom. The van der Waals surface area contributed by atoms with Crippen molar-refractivity contribution in [1.29, 1.82) is 0 Å². The van der Waals surface area contributed by atoms with Crippen LogP contribution in [0.3, 0.4) is 0 Å². The first-order valence-corrected chi connectivity index (χ1v) is 9.39. The molecule has 1 amide bonds. The molecular weight excluding hydrogens is 420 g/mol. The number of benzene rings is 2. The molecule has 0 saturated carbocycles. The first-order chi connectivity index (χ1) is 13.9. The van der Waals surface area contributed by atoms with Gasteiger partial charge in [-0.2, -0.15) is 0 Å². The van der Waals surface area contributed by atoms with Crippen molar-refractivity contribution in [3.8, 4) is 11.5 Å². The van der Waals surface area contributed by atoms with Crippen LogP contribution < -0.4 is 14.8 Å². The molecule has 9 nitrogen and oxygen atoms in total. The molecule has 2 aromatic carbocycles. The van der Waals surface area contributed by atoms with Crippen molar-refractivity contribution in [3.05, 3.63) is 67.7 Å². The van der Waals surface area contributed by atoms with Gasteiger partial charge in [-0.25, -0.2) is 0 Å². The van der Waals surface area contributed by atoms with E-state index in [0.717, 1.165) is 11.6 Å². The maximum absolute atomic E-state index is 12.4. The van der Waals surface area contributed by atoms with Crippen LogP contribution in [0.1, 0.15) is 20.9 Å². The Labute approximate surface area is 174 Å². The molecular formula is C18H15ClN4O5S. The molecule has 0 unspecified atom stereocenters. The van der Waals surface area contributed by atoms with E-state index in [2.05, 4.69) is 15.5 Å². The zero-order valence-corrected chi connectivity index (χ0v) is 16.9. The number of aromatic nitrogens is 2. The van der Waals surface area contributed by atoms with E-state index in [4.69, 9.17) is 21.1 Å². The fourth-order valence-electron chi connectivity index (χ4n) is 2.51. The van der Waals surface area contributed by atoms with E-state index < -0.39 is 10.8 Å². The molecule has 150 valence electrons. The molecule has 0 bridgehead atoms. The van der Waals surface area contributed by atoms with Crippen molar-refractivity contribution in [2.75, 3.05) is 19.5 Å². The highest BCUT2D eigenvalue weighted by atomic mass is 35.5. The minimum Gasteiger partial charge on any atom is -0.493 e. The molecule has 29 heavy (non-hydrogen) atoms. The van der Waals surface area contributed by atoms with Crippen molar-refractivity contribution in [2.24, 2.45) is 0 Å². The van der Waals surface area contributed by atoms with E-state index in [9.17, 15) is 14.9 Å². The number of amides is 1. The largest absolute Gasteiger partial charge is 0.493 e. The normalized spacial score (nSPS) is 10.4. The zero-order chi connectivity index (χ0) is 21.0. The molecule has 0 radical (unpaired) electrons. The number of ether oxygens (including phenoxy) is 2. The van der Waals surface area contributed by atoms with E-state index in [1.54, 1.807) is 20.3 Å². The number of nitrogens with zero attached hydrogens (tertiary/aromatic N) is 3.